The van der Waals surface area contributed by atoms with Gasteiger partial charge in [0.05, 0.1) is 9.72 Å². The highest BCUT2D eigenvalue weighted by Crippen LogP contribution is 2.43. The second-order valence-corrected chi connectivity index (χ2v) is 6.53. The highest BCUT2D eigenvalue weighted by Gasteiger charge is 2.18. The van der Waals surface area contributed by atoms with Crippen LogP contribution in [-0.2, 0) is 6.54 Å². The van der Waals surface area contributed by atoms with E-state index in [2.05, 4.69) is 26.1 Å². The predicted octanol–water partition coefficient (Wildman–Crippen LogP) is 5.44. The molecular weight excluding hydrogens is 285 g/mol. The Kier molecular flexibility index (Phi) is 4.54. The fourth-order valence-electron chi connectivity index (χ4n) is 2.18. The zero-order chi connectivity index (χ0) is 13.3. The summed E-state index contributed by atoms with van der Waals surface area (Å²) in [6, 6.07) is 3.77. The van der Waals surface area contributed by atoms with Crippen LogP contribution < -0.4 is 5.32 Å². The van der Waals surface area contributed by atoms with Crippen molar-refractivity contribution in [3.63, 3.8) is 0 Å². The van der Waals surface area contributed by atoms with Crippen LogP contribution in [0.2, 0.25) is 10.0 Å². The molecular formula is C14H17Cl2NS. The summed E-state index contributed by atoms with van der Waals surface area (Å²) in [6.07, 6.45) is 0. The van der Waals surface area contributed by atoms with Crippen molar-refractivity contribution >= 4 is 44.6 Å². The summed E-state index contributed by atoms with van der Waals surface area (Å²) in [7, 11) is 0. The predicted molar refractivity (Wildman–Crippen MR) is 83.3 cm³/mol. The lowest BCUT2D eigenvalue weighted by Gasteiger charge is -2.09. The molecule has 4 heteroatoms. The van der Waals surface area contributed by atoms with Crippen LogP contribution >= 0.6 is 34.5 Å². The number of hydrogen-bond donors (Lipinski definition) is 1. The molecule has 98 valence electrons. The van der Waals surface area contributed by atoms with Gasteiger partial charge >= 0.3 is 0 Å². The van der Waals surface area contributed by atoms with Gasteiger partial charge in [-0.25, -0.2) is 0 Å². The monoisotopic (exact) mass is 301 g/mol. The number of halogens is 2. The van der Waals surface area contributed by atoms with Crippen molar-refractivity contribution in [3.05, 3.63) is 32.6 Å². The normalized spacial score (nSPS) is 11.7. The van der Waals surface area contributed by atoms with Crippen LogP contribution in [-0.4, -0.2) is 6.54 Å². The molecule has 0 bridgehead atoms. The second kappa shape index (κ2) is 5.79. The summed E-state index contributed by atoms with van der Waals surface area (Å²) in [5.74, 6) is 0.448. The first-order valence-corrected chi connectivity index (χ1v) is 7.73. The molecule has 0 aliphatic carbocycles. The third-order valence-corrected chi connectivity index (χ3v) is 4.95. The van der Waals surface area contributed by atoms with Gasteiger partial charge in [0.2, 0.25) is 0 Å². The van der Waals surface area contributed by atoms with Crippen LogP contribution in [0.3, 0.4) is 0 Å². The molecule has 0 atom stereocenters. The first-order chi connectivity index (χ1) is 8.56. The fraction of sp³-hybridized carbons (Fsp3) is 0.429. The van der Waals surface area contributed by atoms with Gasteiger partial charge in [0.15, 0.2) is 0 Å². The Hall–Kier alpha value is -0.280. The van der Waals surface area contributed by atoms with Crippen LogP contribution in [0.4, 0.5) is 0 Å². The first-order valence-electron chi connectivity index (χ1n) is 6.16. The molecule has 0 amide bonds. The van der Waals surface area contributed by atoms with Crippen molar-refractivity contribution in [2.45, 2.75) is 33.2 Å². The van der Waals surface area contributed by atoms with Crippen molar-refractivity contribution < 1.29 is 0 Å². The molecule has 1 aromatic heterocycles. The lowest BCUT2D eigenvalue weighted by molar-refractivity contribution is 0.723. The van der Waals surface area contributed by atoms with E-state index in [9.17, 15) is 0 Å². The molecule has 1 nitrogen and oxygen atoms in total. The quantitative estimate of drug-likeness (QED) is 0.793. The van der Waals surface area contributed by atoms with E-state index in [1.54, 1.807) is 11.3 Å². The molecule has 1 heterocycles. The summed E-state index contributed by atoms with van der Waals surface area (Å²) >= 11 is 14.4. The average molecular weight is 302 g/mol. The van der Waals surface area contributed by atoms with E-state index in [1.165, 1.54) is 10.4 Å². The smallest absolute Gasteiger partial charge is 0.0585 e. The molecule has 0 unspecified atom stereocenters. The Balaban J connectivity index is 2.67. The van der Waals surface area contributed by atoms with Crippen LogP contribution in [0.15, 0.2) is 12.1 Å². The zero-order valence-electron chi connectivity index (χ0n) is 10.8. The number of thiophene rings is 1. The van der Waals surface area contributed by atoms with Gasteiger partial charge in [0.1, 0.15) is 0 Å². The number of rotatable bonds is 4. The first kappa shape index (κ1) is 14.1. The summed E-state index contributed by atoms with van der Waals surface area (Å²) in [6.45, 7) is 8.37. The van der Waals surface area contributed by atoms with E-state index in [1.807, 2.05) is 12.1 Å². The van der Waals surface area contributed by atoms with Gasteiger partial charge in [-0.2, -0.15) is 0 Å². The van der Waals surface area contributed by atoms with Crippen LogP contribution in [0, 0.1) is 0 Å². The summed E-state index contributed by atoms with van der Waals surface area (Å²) in [5.41, 5.74) is 1.34. The number of fused-ring (bicyclic) bond motifs is 1. The molecule has 1 N–H and O–H groups in total. The maximum Gasteiger partial charge on any atom is 0.0585 e. The van der Waals surface area contributed by atoms with Gasteiger partial charge in [0.25, 0.3) is 0 Å². The van der Waals surface area contributed by atoms with E-state index in [0.717, 1.165) is 33.2 Å². The molecule has 18 heavy (non-hydrogen) atoms. The Labute approximate surface area is 122 Å². The minimum atomic E-state index is 0.448. The van der Waals surface area contributed by atoms with Gasteiger partial charge in [0, 0.05) is 21.8 Å². The maximum absolute atomic E-state index is 6.35. The highest BCUT2D eigenvalue weighted by molar-refractivity contribution is 7.20. The SMILES string of the molecule is CCNCc1sc2c(Cl)ccc(Cl)c2c1C(C)C. The fourth-order valence-corrected chi connectivity index (χ4v) is 4.13. The van der Waals surface area contributed by atoms with Crippen LogP contribution in [0.5, 0.6) is 0 Å². The average Bonchev–Trinajstić information content (AvgIpc) is 2.72. The van der Waals surface area contributed by atoms with Crippen molar-refractivity contribution in [1.82, 2.24) is 5.32 Å². The van der Waals surface area contributed by atoms with Crippen molar-refractivity contribution in [1.29, 1.82) is 0 Å². The van der Waals surface area contributed by atoms with Crippen LogP contribution in [0.1, 0.15) is 37.1 Å². The van der Waals surface area contributed by atoms with E-state index < -0.39 is 0 Å². The lowest BCUT2D eigenvalue weighted by atomic mass is 9.99. The van der Waals surface area contributed by atoms with Crippen molar-refractivity contribution in [2.24, 2.45) is 0 Å². The maximum atomic E-state index is 6.35. The van der Waals surface area contributed by atoms with Crippen molar-refractivity contribution in [2.75, 3.05) is 6.54 Å². The minimum absolute atomic E-state index is 0.448. The summed E-state index contributed by atoms with van der Waals surface area (Å²) < 4.78 is 1.11. The molecule has 0 radical (unpaired) electrons. The molecule has 2 aromatic rings. The Morgan fingerprint density at radius 2 is 1.89 bits per heavy atom. The topological polar surface area (TPSA) is 12.0 Å². The molecule has 2 rings (SSSR count). The molecule has 0 saturated carbocycles. The molecule has 0 aliphatic heterocycles. The molecule has 0 fully saturated rings. The Morgan fingerprint density at radius 3 is 2.50 bits per heavy atom. The summed E-state index contributed by atoms with van der Waals surface area (Å²) in [5, 5.41) is 6.12. The Morgan fingerprint density at radius 1 is 1.22 bits per heavy atom. The molecule has 0 saturated heterocycles. The van der Waals surface area contributed by atoms with E-state index in [0.29, 0.717) is 5.92 Å². The standard InChI is InChI=1S/C14H17Cl2NS/c1-4-17-7-11-12(8(2)3)13-9(15)5-6-10(16)14(13)18-11/h5-6,8,17H,4,7H2,1-3H3. The zero-order valence-corrected chi connectivity index (χ0v) is 13.1. The van der Waals surface area contributed by atoms with Gasteiger partial charge < -0.3 is 5.32 Å². The number of nitrogens with one attached hydrogen (secondary N) is 1. The van der Waals surface area contributed by atoms with Gasteiger partial charge in [-0.1, -0.05) is 44.0 Å². The largest absolute Gasteiger partial charge is 0.312 e. The Bertz CT molecular complexity index is 560. The second-order valence-electron chi connectivity index (χ2n) is 4.61. The van der Waals surface area contributed by atoms with Gasteiger partial charge in [-0.3, -0.25) is 0 Å². The van der Waals surface area contributed by atoms with Gasteiger partial charge in [-0.05, 0) is 30.2 Å². The molecule has 0 spiro atoms. The third kappa shape index (κ3) is 2.53. The van der Waals surface area contributed by atoms with Crippen molar-refractivity contribution in [3.8, 4) is 0 Å². The van der Waals surface area contributed by atoms with Gasteiger partial charge in [-0.15, -0.1) is 11.3 Å². The van der Waals surface area contributed by atoms with E-state index in [4.69, 9.17) is 23.2 Å². The molecule has 0 aliphatic rings. The molecule has 1 aromatic carbocycles. The number of benzene rings is 1. The lowest BCUT2D eigenvalue weighted by Crippen LogP contribution is -2.12. The van der Waals surface area contributed by atoms with E-state index in [-0.39, 0.29) is 0 Å². The third-order valence-electron chi connectivity index (χ3n) is 2.97. The number of hydrogen-bond acceptors (Lipinski definition) is 2. The van der Waals surface area contributed by atoms with Crippen LogP contribution in [0.25, 0.3) is 10.1 Å². The summed E-state index contributed by atoms with van der Waals surface area (Å²) in [4.78, 5) is 1.34. The minimum Gasteiger partial charge on any atom is -0.312 e. The highest BCUT2D eigenvalue weighted by atomic mass is 35.5. The van der Waals surface area contributed by atoms with E-state index >= 15 is 0 Å².